The maximum Gasteiger partial charge on any atom is 0.259 e. The molecule has 0 aliphatic heterocycles. The topological polar surface area (TPSA) is 55.6 Å². The van der Waals surface area contributed by atoms with Crippen molar-refractivity contribution in [1.29, 1.82) is 0 Å². The number of benzene rings is 2. The molecule has 0 fully saturated rings. The van der Waals surface area contributed by atoms with E-state index in [1.807, 2.05) is 79.2 Å². The molecule has 0 aliphatic carbocycles. The summed E-state index contributed by atoms with van der Waals surface area (Å²) < 4.78 is 7.55. The Labute approximate surface area is 163 Å². The van der Waals surface area contributed by atoms with Crippen LogP contribution in [-0.4, -0.2) is 21.9 Å². The highest BCUT2D eigenvalue weighted by atomic mass is 16.5. The summed E-state index contributed by atoms with van der Waals surface area (Å²) in [7, 11) is 0. The largest absolute Gasteiger partial charge is 0.493 e. The van der Waals surface area contributed by atoms with Gasteiger partial charge in [0.2, 0.25) is 0 Å². The van der Waals surface area contributed by atoms with E-state index in [1.165, 1.54) is 5.56 Å². The van der Waals surface area contributed by atoms with Gasteiger partial charge in [0.15, 0.2) is 0 Å². The van der Waals surface area contributed by atoms with Crippen LogP contribution in [0, 0.1) is 6.92 Å². The highest BCUT2D eigenvalue weighted by Crippen LogP contribution is 2.24. The number of hydrogen-bond acceptors (Lipinski definition) is 3. The van der Waals surface area contributed by atoms with Gasteiger partial charge in [-0.3, -0.25) is 4.79 Å². The highest BCUT2D eigenvalue weighted by molar-refractivity contribution is 6.06. The Kier molecular flexibility index (Phi) is 4.81. The van der Waals surface area contributed by atoms with Crippen LogP contribution in [0.5, 0.6) is 5.75 Å². The van der Waals surface area contributed by atoms with Crippen LogP contribution < -0.4 is 10.1 Å². The number of rotatable bonds is 5. The molecule has 28 heavy (non-hydrogen) atoms. The Balaban J connectivity index is 1.61. The second-order valence-electron chi connectivity index (χ2n) is 6.56. The number of imidazole rings is 1. The predicted molar refractivity (Wildman–Crippen MR) is 111 cm³/mol. The van der Waals surface area contributed by atoms with E-state index >= 15 is 0 Å². The lowest BCUT2D eigenvalue weighted by Crippen LogP contribution is -2.13. The summed E-state index contributed by atoms with van der Waals surface area (Å²) in [4.78, 5) is 17.4. The molecule has 2 aromatic heterocycles. The van der Waals surface area contributed by atoms with Gasteiger partial charge in [-0.25, -0.2) is 4.98 Å². The molecular weight excluding hydrogens is 350 g/mol. The van der Waals surface area contributed by atoms with Crippen molar-refractivity contribution in [3.8, 4) is 17.0 Å². The fraction of sp³-hybridized carbons (Fsp3) is 0.130. The Bertz CT molecular complexity index is 1150. The third kappa shape index (κ3) is 3.60. The normalized spacial score (nSPS) is 10.8. The van der Waals surface area contributed by atoms with Gasteiger partial charge in [-0.15, -0.1) is 0 Å². The van der Waals surface area contributed by atoms with Crippen LogP contribution in [-0.2, 0) is 0 Å². The molecular formula is C23H21N3O2. The summed E-state index contributed by atoms with van der Waals surface area (Å²) >= 11 is 0. The van der Waals surface area contributed by atoms with E-state index in [-0.39, 0.29) is 5.91 Å². The number of fused-ring (bicyclic) bond motifs is 1. The van der Waals surface area contributed by atoms with Crippen LogP contribution >= 0.6 is 0 Å². The number of nitrogens with one attached hydrogen (secondary N) is 1. The first-order valence-corrected chi connectivity index (χ1v) is 9.23. The summed E-state index contributed by atoms with van der Waals surface area (Å²) in [5.41, 5.74) is 5.09. The Morgan fingerprint density at radius 2 is 1.96 bits per heavy atom. The number of carbonyl (C=O) groups excluding carboxylic acids is 1. The van der Waals surface area contributed by atoms with Gasteiger partial charge in [0.1, 0.15) is 11.4 Å². The van der Waals surface area contributed by atoms with Gasteiger partial charge >= 0.3 is 0 Å². The SMILES string of the molecule is CCOc1ccccc1C(=O)Nc1cccc(-c2cn3ccc(C)cc3n2)c1. The molecule has 5 heteroatoms. The molecule has 1 N–H and O–H groups in total. The number of para-hydroxylation sites is 1. The fourth-order valence-electron chi connectivity index (χ4n) is 3.11. The third-order valence-electron chi connectivity index (χ3n) is 4.46. The van der Waals surface area contributed by atoms with Crippen molar-refractivity contribution in [1.82, 2.24) is 9.38 Å². The molecule has 1 amide bonds. The van der Waals surface area contributed by atoms with Crippen LogP contribution in [0.15, 0.2) is 73.1 Å². The summed E-state index contributed by atoms with van der Waals surface area (Å²) in [5.74, 6) is 0.376. The average molecular weight is 371 g/mol. The van der Waals surface area contributed by atoms with Gasteiger partial charge in [-0.1, -0.05) is 24.3 Å². The van der Waals surface area contributed by atoms with E-state index in [9.17, 15) is 4.79 Å². The average Bonchev–Trinajstić information content (AvgIpc) is 3.12. The monoisotopic (exact) mass is 371 g/mol. The van der Waals surface area contributed by atoms with Crippen molar-refractivity contribution >= 4 is 17.2 Å². The summed E-state index contributed by atoms with van der Waals surface area (Å²) in [6.07, 6.45) is 3.98. The van der Waals surface area contributed by atoms with E-state index in [0.29, 0.717) is 23.6 Å². The first-order chi connectivity index (χ1) is 13.6. The molecule has 5 nitrogen and oxygen atoms in total. The molecule has 0 bridgehead atoms. The first-order valence-electron chi connectivity index (χ1n) is 9.23. The predicted octanol–water partition coefficient (Wildman–Crippen LogP) is 4.96. The number of nitrogens with zero attached hydrogens (tertiary/aromatic N) is 2. The maximum absolute atomic E-state index is 12.7. The third-order valence-corrected chi connectivity index (χ3v) is 4.46. The zero-order chi connectivity index (χ0) is 19.5. The van der Waals surface area contributed by atoms with E-state index in [4.69, 9.17) is 9.72 Å². The molecule has 0 saturated carbocycles. The van der Waals surface area contributed by atoms with Crippen LogP contribution in [0.25, 0.3) is 16.9 Å². The van der Waals surface area contributed by atoms with Crippen molar-refractivity contribution in [3.63, 3.8) is 0 Å². The highest BCUT2D eigenvalue weighted by Gasteiger charge is 2.13. The first kappa shape index (κ1) is 17.8. The minimum Gasteiger partial charge on any atom is -0.493 e. The van der Waals surface area contributed by atoms with Crippen LogP contribution in [0.1, 0.15) is 22.8 Å². The lowest BCUT2D eigenvalue weighted by molar-refractivity contribution is 0.102. The number of aryl methyl sites for hydroxylation is 1. The van der Waals surface area contributed by atoms with Gasteiger partial charge in [0.25, 0.3) is 5.91 Å². The summed E-state index contributed by atoms with van der Waals surface area (Å²) in [6, 6.07) is 19.0. The van der Waals surface area contributed by atoms with Gasteiger partial charge in [-0.05, 0) is 55.8 Å². The van der Waals surface area contributed by atoms with Crippen molar-refractivity contribution in [3.05, 3.63) is 84.2 Å². The second-order valence-corrected chi connectivity index (χ2v) is 6.56. The Morgan fingerprint density at radius 3 is 2.82 bits per heavy atom. The number of carbonyl (C=O) groups is 1. The molecule has 2 heterocycles. The molecule has 0 aliphatic rings. The van der Waals surface area contributed by atoms with E-state index < -0.39 is 0 Å². The lowest BCUT2D eigenvalue weighted by Gasteiger charge is -2.11. The molecule has 2 aromatic carbocycles. The number of anilines is 1. The molecule has 0 unspecified atom stereocenters. The van der Waals surface area contributed by atoms with E-state index in [1.54, 1.807) is 12.1 Å². The quantitative estimate of drug-likeness (QED) is 0.539. The maximum atomic E-state index is 12.7. The van der Waals surface area contributed by atoms with Crippen LogP contribution in [0.3, 0.4) is 0 Å². The van der Waals surface area contributed by atoms with E-state index in [0.717, 1.165) is 16.9 Å². The number of hydrogen-bond donors (Lipinski definition) is 1. The summed E-state index contributed by atoms with van der Waals surface area (Å²) in [5, 5.41) is 2.96. The minimum absolute atomic E-state index is 0.202. The van der Waals surface area contributed by atoms with Gasteiger partial charge < -0.3 is 14.5 Å². The molecule has 0 atom stereocenters. The van der Waals surface area contributed by atoms with Crippen molar-refractivity contribution < 1.29 is 9.53 Å². The molecule has 4 rings (SSSR count). The number of ether oxygens (including phenoxy) is 1. The molecule has 4 aromatic rings. The van der Waals surface area contributed by atoms with Crippen LogP contribution in [0.4, 0.5) is 5.69 Å². The second kappa shape index (κ2) is 7.56. The van der Waals surface area contributed by atoms with Gasteiger partial charge in [0, 0.05) is 23.6 Å². The summed E-state index contributed by atoms with van der Waals surface area (Å²) in [6.45, 7) is 4.45. The van der Waals surface area contributed by atoms with Crippen molar-refractivity contribution in [2.24, 2.45) is 0 Å². The molecule has 140 valence electrons. The van der Waals surface area contributed by atoms with Crippen molar-refractivity contribution in [2.45, 2.75) is 13.8 Å². The lowest BCUT2D eigenvalue weighted by atomic mass is 10.1. The van der Waals surface area contributed by atoms with Gasteiger partial charge in [-0.2, -0.15) is 0 Å². The zero-order valence-corrected chi connectivity index (χ0v) is 15.8. The number of aromatic nitrogens is 2. The fourth-order valence-corrected chi connectivity index (χ4v) is 3.11. The van der Waals surface area contributed by atoms with Gasteiger partial charge in [0.05, 0.1) is 17.9 Å². The number of pyridine rings is 1. The number of amides is 1. The zero-order valence-electron chi connectivity index (χ0n) is 15.8. The molecule has 0 saturated heterocycles. The standard InChI is InChI=1S/C23H21N3O2/c1-3-28-21-10-5-4-9-19(21)23(27)24-18-8-6-7-17(14-18)20-15-26-12-11-16(2)13-22(26)25-20/h4-15H,3H2,1-2H3,(H,24,27). The van der Waals surface area contributed by atoms with Crippen molar-refractivity contribution in [2.75, 3.05) is 11.9 Å². The minimum atomic E-state index is -0.202. The Hall–Kier alpha value is -3.60. The smallest absolute Gasteiger partial charge is 0.259 e. The van der Waals surface area contributed by atoms with Crippen LogP contribution in [0.2, 0.25) is 0 Å². The molecule has 0 spiro atoms. The Morgan fingerprint density at radius 1 is 1.11 bits per heavy atom. The molecule has 0 radical (unpaired) electrons. The van der Waals surface area contributed by atoms with E-state index in [2.05, 4.69) is 5.32 Å².